The Kier molecular flexibility index (Phi) is 7.43. The number of sulfonamides is 1. The number of rotatable bonds is 9. The summed E-state index contributed by atoms with van der Waals surface area (Å²) in [5, 5.41) is 2.63. The standard InChI is InChI=1S/C14H21FN2O4S/c1-3-17(11-14(18)16-9-4-10-21-2)22(19,20)13-7-5-12(15)6-8-13/h5-8H,3-4,9-11H2,1-2H3,(H,16,18). The van der Waals surface area contributed by atoms with Crippen LogP contribution in [0.25, 0.3) is 0 Å². The molecule has 1 rings (SSSR count). The lowest BCUT2D eigenvalue weighted by Crippen LogP contribution is -2.40. The molecule has 1 aromatic rings. The van der Waals surface area contributed by atoms with Gasteiger partial charge in [0.1, 0.15) is 5.82 Å². The Morgan fingerprint density at radius 3 is 2.50 bits per heavy atom. The first-order chi connectivity index (χ1) is 10.4. The highest BCUT2D eigenvalue weighted by atomic mass is 32.2. The van der Waals surface area contributed by atoms with Gasteiger partial charge < -0.3 is 10.1 Å². The molecular formula is C14H21FN2O4S. The predicted octanol–water partition coefficient (Wildman–Crippen LogP) is 0.989. The number of carbonyl (C=O) groups is 1. The van der Waals surface area contributed by atoms with Crippen LogP contribution < -0.4 is 5.32 Å². The lowest BCUT2D eigenvalue weighted by molar-refractivity contribution is -0.121. The van der Waals surface area contributed by atoms with Crippen LogP contribution in [0.1, 0.15) is 13.3 Å². The number of likely N-dealkylation sites (N-methyl/N-ethyl adjacent to an activating group) is 1. The molecule has 0 aromatic heterocycles. The van der Waals surface area contributed by atoms with Crippen molar-refractivity contribution in [2.24, 2.45) is 0 Å². The molecule has 0 aliphatic carbocycles. The number of methoxy groups -OCH3 is 1. The van der Waals surface area contributed by atoms with E-state index in [2.05, 4.69) is 5.32 Å². The van der Waals surface area contributed by atoms with Crippen LogP contribution in [0.15, 0.2) is 29.2 Å². The van der Waals surface area contributed by atoms with Gasteiger partial charge in [0.15, 0.2) is 0 Å². The van der Waals surface area contributed by atoms with E-state index in [1.54, 1.807) is 14.0 Å². The van der Waals surface area contributed by atoms with Gasteiger partial charge in [0, 0.05) is 26.8 Å². The number of benzene rings is 1. The summed E-state index contributed by atoms with van der Waals surface area (Å²) in [4.78, 5) is 11.8. The summed E-state index contributed by atoms with van der Waals surface area (Å²) < 4.78 is 43.6. The fourth-order valence-corrected chi connectivity index (χ4v) is 3.19. The topological polar surface area (TPSA) is 75.7 Å². The van der Waals surface area contributed by atoms with Gasteiger partial charge in [0.2, 0.25) is 15.9 Å². The molecule has 1 amide bonds. The Labute approximate surface area is 130 Å². The molecule has 6 nitrogen and oxygen atoms in total. The van der Waals surface area contributed by atoms with Crippen molar-refractivity contribution >= 4 is 15.9 Å². The zero-order chi connectivity index (χ0) is 16.6. The SMILES string of the molecule is CCN(CC(=O)NCCCOC)S(=O)(=O)c1ccc(F)cc1. The molecule has 0 fully saturated rings. The van der Waals surface area contributed by atoms with Crippen LogP contribution in [0.5, 0.6) is 0 Å². The van der Waals surface area contributed by atoms with Gasteiger partial charge in [0.25, 0.3) is 0 Å². The molecule has 0 unspecified atom stereocenters. The minimum atomic E-state index is -3.82. The molecule has 0 aliphatic rings. The lowest BCUT2D eigenvalue weighted by Gasteiger charge is -2.20. The van der Waals surface area contributed by atoms with Crippen LogP contribution in [-0.4, -0.2) is 52.0 Å². The Hall–Kier alpha value is -1.51. The van der Waals surface area contributed by atoms with Crippen LogP contribution in [0.4, 0.5) is 4.39 Å². The van der Waals surface area contributed by atoms with E-state index < -0.39 is 15.8 Å². The molecule has 124 valence electrons. The molecule has 0 bridgehead atoms. The van der Waals surface area contributed by atoms with E-state index in [-0.39, 0.29) is 23.9 Å². The highest BCUT2D eigenvalue weighted by Gasteiger charge is 2.25. The molecule has 0 spiro atoms. The summed E-state index contributed by atoms with van der Waals surface area (Å²) in [6.07, 6.45) is 0.652. The smallest absolute Gasteiger partial charge is 0.243 e. The van der Waals surface area contributed by atoms with E-state index in [0.717, 1.165) is 16.4 Å². The maximum Gasteiger partial charge on any atom is 0.243 e. The first-order valence-electron chi connectivity index (χ1n) is 6.93. The second-order valence-corrected chi connectivity index (χ2v) is 6.52. The van der Waals surface area contributed by atoms with E-state index in [0.29, 0.717) is 19.6 Å². The van der Waals surface area contributed by atoms with Crippen LogP contribution in [0.2, 0.25) is 0 Å². The minimum absolute atomic E-state index is 0.0390. The van der Waals surface area contributed by atoms with Gasteiger partial charge in [-0.15, -0.1) is 0 Å². The second-order valence-electron chi connectivity index (χ2n) is 4.58. The molecular weight excluding hydrogens is 311 g/mol. The molecule has 8 heteroatoms. The number of nitrogens with zero attached hydrogens (tertiary/aromatic N) is 1. The fourth-order valence-electron chi connectivity index (χ4n) is 1.78. The number of nitrogens with one attached hydrogen (secondary N) is 1. The highest BCUT2D eigenvalue weighted by Crippen LogP contribution is 2.15. The Balaban J connectivity index is 2.69. The largest absolute Gasteiger partial charge is 0.385 e. The maximum absolute atomic E-state index is 12.9. The van der Waals surface area contributed by atoms with Crippen molar-refractivity contribution in [3.63, 3.8) is 0 Å². The molecule has 0 saturated heterocycles. The molecule has 0 atom stereocenters. The summed E-state index contributed by atoms with van der Waals surface area (Å²) in [6.45, 7) is 2.44. The van der Waals surface area contributed by atoms with Crippen molar-refractivity contribution in [3.05, 3.63) is 30.1 Å². The third-order valence-electron chi connectivity index (χ3n) is 2.97. The van der Waals surface area contributed by atoms with E-state index >= 15 is 0 Å². The van der Waals surface area contributed by atoms with Gasteiger partial charge in [-0.25, -0.2) is 12.8 Å². The maximum atomic E-state index is 12.9. The van der Waals surface area contributed by atoms with Gasteiger partial charge >= 0.3 is 0 Å². The Bertz CT molecular complexity index is 575. The second kappa shape index (κ2) is 8.82. The van der Waals surface area contributed by atoms with Crippen molar-refractivity contribution in [1.29, 1.82) is 0 Å². The Morgan fingerprint density at radius 1 is 1.32 bits per heavy atom. The minimum Gasteiger partial charge on any atom is -0.385 e. The number of amides is 1. The normalized spacial score (nSPS) is 11.6. The van der Waals surface area contributed by atoms with Crippen LogP contribution >= 0.6 is 0 Å². The molecule has 1 N–H and O–H groups in total. The lowest BCUT2D eigenvalue weighted by atomic mass is 10.4. The van der Waals surface area contributed by atoms with Gasteiger partial charge in [-0.2, -0.15) is 4.31 Å². The Morgan fingerprint density at radius 2 is 1.95 bits per heavy atom. The predicted molar refractivity (Wildman–Crippen MR) is 80.3 cm³/mol. The summed E-state index contributed by atoms with van der Waals surface area (Å²) in [7, 11) is -2.25. The van der Waals surface area contributed by atoms with Crippen LogP contribution in [-0.2, 0) is 19.6 Å². The summed E-state index contributed by atoms with van der Waals surface area (Å²) in [5.74, 6) is -0.901. The average Bonchev–Trinajstić information content (AvgIpc) is 2.49. The number of halogens is 1. The van der Waals surface area contributed by atoms with Crippen molar-refractivity contribution in [3.8, 4) is 0 Å². The zero-order valence-corrected chi connectivity index (χ0v) is 13.5. The third kappa shape index (κ3) is 5.36. The van der Waals surface area contributed by atoms with Gasteiger partial charge in [-0.1, -0.05) is 6.92 Å². The number of ether oxygens (including phenoxy) is 1. The molecule has 22 heavy (non-hydrogen) atoms. The van der Waals surface area contributed by atoms with Crippen molar-refractivity contribution in [2.75, 3.05) is 33.4 Å². The molecule has 0 heterocycles. The molecule has 0 radical (unpaired) electrons. The summed E-state index contributed by atoms with van der Waals surface area (Å²) >= 11 is 0. The average molecular weight is 332 g/mol. The molecule has 1 aromatic carbocycles. The number of hydrogen-bond acceptors (Lipinski definition) is 4. The van der Waals surface area contributed by atoms with Crippen LogP contribution in [0.3, 0.4) is 0 Å². The molecule has 0 saturated carbocycles. The van der Waals surface area contributed by atoms with E-state index in [9.17, 15) is 17.6 Å². The zero-order valence-electron chi connectivity index (χ0n) is 12.7. The van der Waals surface area contributed by atoms with Gasteiger partial charge in [-0.3, -0.25) is 4.79 Å². The van der Waals surface area contributed by atoms with E-state index in [1.807, 2.05) is 0 Å². The summed E-state index contributed by atoms with van der Waals surface area (Å²) in [5.41, 5.74) is 0. The first kappa shape index (κ1) is 18.5. The van der Waals surface area contributed by atoms with E-state index in [1.165, 1.54) is 12.1 Å². The number of carbonyl (C=O) groups excluding carboxylic acids is 1. The van der Waals surface area contributed by atoms with Gasteiger partial charge in [0.05, 0.1) is 11.4 Å². The van der Waals surface area contributed by atoms with Crippen molar-refractivity contribution in [1.82, 2.24) is 9.62 Å². The monoisotopic (exact) mass is 332 g/mol. The van der Waals surface area contributed by atoms with Crippen molar-refractivity contribution < 1.29 is 22.3 Å². The molecule has 0 aliphatic heterocycles. The summed E-state index contributed by atoms with van der Waals surface area (Å²) in [6, 6.07) is 4.52. The highest BCUT2D eigenvalue weighted by molar-refractivity contribution is 7.89. The quantitative estimate of drug-likeness (QED) is 0.684. The van der Waals surface area contributed by atoms with Crippen molar-refractivity contribution in [2.45, 2.75) is 18.2 Å². The number of hydrogen-bond donors (Lipinski definition) is 1. The third-order valence-corrected chi connectivity index (χ3v) is 4.91. The van der Waals surface area contributed by atoms with E-state index in [4.69, 9.17) is 4.74 Å². The van der Waals surface area contributed by atoms with Gasteiger partial charge in [-0.05, 0) is 30.7 Å². The first-order valence-corrected chi connectivity index (χ1v) is 8.37. The van der Waals surface area contributed by atoms with Crippen LogP contribution in [0, 0.1) is 5.82 Å². The fraction of sp³-hybridized carbons (Fsp3) is 0.500.